The number of nitrogens with zero attached hydrogens (tertiary/aromatic N) is 2. The molecule has 1 aromatic carbocycles. The average molecular weight is 315 g/mol. The van der Waals surface area contributed by atoms with Gasteiger partial charge in [0.1, 0.15) is 5.82 Å². The van der Waals surface area contributed by atoms with Crippen molar-refractivity contribution in [3.63, 3.8) is 0 Å². The summed E-state index contributed by atoms with van der Waals surface area (Å²) in [7, 11) is 0. The van der Waals surface area contributed by atoms with Crippen molar-refractivity contribution < 1.29 is 4.79 Å². The molecule has 1 amide bonds. The molecule has 0 aliphatic heterocycles. The highest BCUT2D eigenvalue weighted by Crippen LogP contribution is 2.18. The van der Waals surface area contributed by atoms with Crippen molar-refractivity contribution in [3.05, 3.63) is 30.1 Å². The molecule has 0 bridgehead atoms. The molecule has 0 aliphatic rings. The molecule has 0 spiro atoms. The number of imidazole rings is 1. The van der Waals surface area contributed by atoms with E-state index in [9.17, 15) is 4.79 Å². The number of amides is 1. The van der Waals surface area contributed by atoms with Crippen LogP contribution in [-0.2, 0) is 17.8 Å². The number of fused-ring (bicyclic) bond motifs is 1. The molecule has 0 aliphatic carbocycles. The van der Waals surface area contributed by atoms with Gasteiger partial charge in [-0.3, -0.25) is 4.79 Å². The minimum atomic E-state index is -0.325. The summed E-state index contributed by atoms with van der Waals surface area (Å²) in [5.74, 6) is 1.24. The molecule has 2 aromatic rings. The second kappa shape index (κ2) is 7.62. The number of benzene rings is 1. The highest BCUT2D eigenvalue weighted by Gasteiger charge is 2.20. The van der Waals surface area contributed by atoms with Gasteiger partial charge in [-0.2, -0.15) is 0 Å². The second-order valence-electron chi connectivity index (χ2n) is 7.13. The number of aryl methyl sites for hydroxylation is 2. The lowest BCUT2D eigenvalue weighted by molar-refractivity contribution is -0.128. The van der Waals surface area contributed by atoms with Crippen LogP contribution in [0.5, 0.6) is 0 Å². The molecule has 1 aromatic heterocycles. The summed E-state index contributed by atoms with van der Waals surface area (Å²) in [6.07, 6.45) is 4.14. The van der Waals surface area contributed by atoms with Crippen LogP contribution in [0.25, 0.3) is 11.0 Å². The third-order valence-electron chi connectivity index (χ3n) is 4.01. The number of rotatable bonds is 7. The second-order valence-corrected chi connectivity index (χ2v) is 7.13. The summed E-state index contributed by atoms with van der Waals surface area (Å²) < 4.78 is 2.34. The van der Waals surface area contributed by atoms with E-state index in [1.54, 1.807) is 0 Å². The summed E-state index contributed by atoms with van der Waals surface area (Å²) in [5.41, 5.74) is 1.96. The van der Waals surface area contributed by atoms with Gasteiger partial charge in [0, 0.05) is 24.9 Å². The summed E-state index contributed by atoms with van der Waals surface area (Å²) in [6.45, 7) is 9.74. The molecule has 1 N–H and O–H groups in total. The fraction of sp³-hybridized carbons (Fsp3) is 0.579. The van der Waals surface area contributed by atoms with Crippen molar-refractivity contribution >= 4 is 16.9 Å². The average Bonchev–Trinajstić information content (AvgIpc) is 2.86. The minimum Gasteiger partial charge on any atom is -0.356 e. The van der Waals surface area contributed by atoms with Gasteiger partial charge in [0.05, 0.1) is 11.0 Å². The van der Waals surface area contributed by atoms with Crippen LogP contribution < -0.4 is 5.32 Å². The number of carbonyl (C=O) groups excluding carboxylic acids is 1. The molecule has 0 fully saturated rings. The fourth-order valence-electron chi connectivity index (χ4n) is 2.60. The SMILES string of the molecule is CCCCn1c(CCCNC(=O)C(C)(C)C)nc2ccccc21. The molecule has 1 heterocycles. The molecule has 2 rings (SSSR count). The van der Waals surface area contributed by atoms with Crippen molar-refractivity contribution in [2.75, 3.05) is 6.54 Å². The predicted molar refractivity (Wildman–Crippen MR) is 95.4 cm³/mol. The first-order valence-electron chi connectivity index (χ1n) is 8.66. The molecule has 0 atom stereocenters. The maximum atomic E-state index is 11.9. The van der Waals surface area contributed by atoms with Gasteiger partial charge in [-0.15, -0.1) is 0 Å². The van der Waals surface area contributed by atoms with E-state index in [2.05, 4.69) is 35.0 Å². The van der Waals surface area contributed by atoms with Gasteiger partial charge >= 0.3 is 0 Å². The Labute approximate surface area is 139 Å². The number of nitrogens with one attached hydrogen (secondary N) is 1. The van der Waals surface area contributed by atoms with Gasteiger partial charge in [-0.25, -0.2) is 4.98 Å². The van der Waals surface area contributed by atoms with Crippen LogP contribution in [0, 0.1) is 5.41 Å². The van der Waals surface area contributed by atoms with E-state index in [1.807, 2.05) is 26.8 Å². The van der Waals surface area contributed by atoms with Crippen molar-refractivity contribution in [1.29, 1.82) is 0 Å². The fourth-order valence-corrected chi connectivity index (χ4v) is 2.60. The number of hydrogen-bond donors (Lipinski definition) is 1. The summed E-state index contributed by atoms with van der Waals surface area (Å²) in [5, 5.41) is 3.01. The Morgan fingerprint density at radius 3 is 2.65 bits per heavy atom. The van der Waals surface area contributed by atoms with Gasteiger partial charge in [0.2, 0.25) is 5.91 Å². The Kier molecular flexibility index (Phi) is 5.80. The van der Waals surface area contributed by atoms with Gasteiger partial charge in [-0.05, 0) is 25.0 Å². The van der Waals surface area contributed by atoms with Crippen molar-refractivity contribution in [2.45, 2.75) is 59.9 Å². The first kappa shape index (κ1) is 17.5. The molecule has 0 radical (unpaired) electrons. The van der Waals surface area contributed by atoms with E-state index in [4.69, 9.17) is 4.98 Å². The first-order valence-corrected chi connectivity index (χ1v) is 8.66. The lowest BCUT2D eigenvalue weighted by Gasteiger charge is -2.17. The van der Waals surface area contributed by atoms with E-state index in [0.717, 1.165) is 37.1 Å². The topological polar surface area (TPSA) is 46.9 Å². The van der Waals surface area contributed by atoms with E-state index in [0.29, 0.717) is 6.54 Å². The maximum Gasteiger partial charge on any atom is 0.225 e. The Morgan fingerprint density at radius 2 is 1.96 bits per heavy atom. The molecule has 4 heteroatoms. The number of para-hydroxylation sites is 2. The van der Waals surface area contributed by atoms with Gasteiger partial charge < -0.3 is 9.88 Å². The Balaban J connectivity index is 2.00. The lowest BCUT2D eigenvalue weighted by atomic mass is 9.96. The van der Waals surface area contributed by atoms with Crippen molar-refractivity contribution in [3.8, 4) is 0 Å². The zero-order valence-corrected chi connectivity index (χ0v) is 14.9. The van der Waals surface area contributed by atoms with Gasteiger partial charge in [0.15, 0.2) is 0 Å². The molecule has 0 saturated carbocycles. The summed E-state index contributed by atoms with van der Waals surface area (Å²) in [6, 6.07) is 8.32. The van der Waals surface area contributed by atoms with Crippen LogP contribution in [0.4, 0.5) is 0 Å². The highest BCUT2D eigenvalue weighted by atomic mass is 16.2. The zero-order valence-electron chi connectivity index (χ0n) is 14.9. The Hall–Kier alpha value is -1.84. The first-order chi connectivity index (χ1) is 10.9. The van der Waals surface area contributed by atoms with Crippen molar-refractivity contribution in [2.24, 2.45) is 5.41 Å². The summed E-state index contributed by atoms with van der Waals surface area (Å²) in [4.78, 5) is 16.7. The standard InChI is InChI=1S/C19H29N3O/c1-5-6-14-22-16-11-8-7-10-15(16)21-17(22)12-9-13-20-18(23)19(2,3)4/h7-8,10-11H,5-6,9,12-14H2,1-4H3,(H,20,23). The van der Waals surface area contributed by atoms with Crippen molar-refractivity contribution in [1.82, 2.24) is 14.9 Å². The molecule has 4 nitrogen and oxygen atoms in total. The van der Waals surface area contributed by atoms with Gasteiger partial charge in [0.25, 0.3) is 0 Å². The smallest absolute Gasteiger partial charge is 0.225 e. The molecule has 0 unspecified atom stereocenters. The zero-order chi connectivity index (χ0) is 16.9. The molecular weight excluding hydrogens is 286 g/mol. The van der Waals surface area contributed by atoms with E-state index < -0.39 is 0 Å². The van der Waals surface area contributed by atoms with Crippen LogP contribution in [-0.4, -0.2) is 22.0 Å². The lowest BCUT2D eigenvalue weighted by Crippen LogP contribution is -2.35. The third-order valence-corrected chi connectivity index (χ3v) is 4.01. The number of hydrogen-bond acceptors (Lipinski definition) is 2. The van der Waals surface area contributed by atoms with E-state index in [1.165, 1.54) is 11.9 Å². The molecule has 0 saturated heterocycles. The van der Waals surface area contributed by atoms with Crippen LogP contribution in [0.3, 0.4) is 0 Å². The molecule has 126 valence electrons. The quantitative estimate of drug-likeness (QED) is 0.787. The van der Waals surface area contributed by atoms with E-state index in [-0.39, 0.29) is 11.3 Å². The molecule has 23 heavy (non-hydrogen) atoms. The van der Waals surface area contributed by atoms with Crippen LogP contribution in [0.15, 0.2) is 24.3 Å². The van der Waals surface area contributed by atoms with E-state index >= 15 is 0 Å². The maximum absolute atomic E-state index is 11.9. The Morgan fingerprint density at radius 1 is 1.22 bits per heavy atom. The van der Waals surface area contributed by atoms with Crippen LogP contribution in [0.2, 0.25) is 0 Å². The highest BCUT2D eigenvalue weighted by molar-refractivity contribution is 5.81. The Bertz CT molecular complexity index is 652. The monoisotopic (exact) mass is 315 g/mol. The normalized spacial score (nSPS) is 11.8. The van der Waals surface area contributed by atoms with Crippen LogP contribution >= 0.6 is 0 Å². The molecular formula is C19H29N3O. The van der Waals surface area contributed by atoms with Crippen LogP contribution in [0.1, 0.15) is 52.8 Å². The minimum absolute atomic E-state index is 0.108. The summed E-state index contributed by atoms with van der Waals surface area (Å²) >= 11 is 0. The third kappa shape index (κ3) is 4.57. The van der Waals surface area contributed by atoms with Gasteiger partial charge in [-0.1, -0.05) is 46.2 Å². The number of aromatic nitrogens is 2. The predicted octanol–water partition coefficient (Wildman–Crippen LogP) is 3.93. The number of carbonyl (C=O) groups is 1. The largest absolute Gasteiger partial charge is 0.356 e. The number of unbranched alkanes of at least 4 members (excludes halogenated alkanes) is 1.